The molecule has 106 valence electrons. The summed E-state index contributed by atoms with van der Waals surface area (Å²) in [7, 11) is 1.67. The first-order valence-electron chi connectivity index (χ1n) is 6.72. The molecule has 0 aliphatic heterocycles. The molecule has 2 aromatic rings. The van der Waals surface area contributed by atoms with Gasteiger partial charge in [-0.1, -0.05) is 39.0 Å². The highest BCUT2D eigenvalue weighted by atomic mass is 16.5. The second-order valence-corrected chi connectivity index (χ2v) is 5.73. The number of benzene rings is 1. The van der Waals surface area contributed by atoms with Crippen LogP contribution in [0.5, 0.6) is 11.5 Å². The molecule has 3 heteroatoms. The molecule has 0 radical (unpaired) electrons. The molecule has 3 nitrogen and oxygen atoms in total. The number of aromatic nitrogens is 1. The topological polar surface area (TPSA) is 31.4 Å². The van der Waals surface area contributed by atoms with Crippen LogP contribution in [0, 0.1) is 0 Å². The minimum Gasteiger partial charge on any atom is -0.496 e. The lowest BCUT2D eigenvalue weighted by Gasteiger charge is -2.17. The van der Waals surface area contributed by atoms with Gasteiger partial charge in [-0.2, -0.15) is 0 Å². The van der Waals surface area contributed by atoms with Crippen LogP contribution in [-0.4, -0.2) is 12.1 Å². The predicted octanol–water partition coefficient (Wildman–Crippen LogP) is 3.97. The van der Waals surface area contributed by atoms with Crippen LogP contribution >= 0.6 is 0 Å². The van der Waals surface area contributed by atoms with Crippen LogP contribution in [0.2, 0.25) is 0 Å². The van der Waals surface area contributed by atoms with Gasteiger partial charge in [-0.25, -0.2) is 0 Å². The van der Waals surface area contributed by atoms with Crippen molar-refractivity contribution >= 4 is 0 Å². The van der Waals surface area contributed by atoms with E-state index in [9.17, 15) is 0 Å². The van der Waals surface area contributed by atoms with Crippen LogP contribution in [0.25, 0.3) is 0 Å². The standard InChI is InChI=1S/C17H21NO2/c1-17(2,3)16-10-9-14(11-18-16)20-12-13-7-5-6-8-15(13)19-4/h5-11H,12H2,1-4H3. The van der Waals surface area contributed by atoms with E-state index in [2.05, 4.69) is 25.8 Å². The molecule has 1 aromatic heterocycles. The van der Waals surface area contributed by atoms with Crippen molar-refractivity contribution in [3.63, 3.8) is 0 Å². The molecule has 0 spiro atoms. The third kappa shape index (κ3) is 3.50. The highest BCUT2D eigenvalue weighted by Gasteiger charge is 2.14. The van der Waals surface area contributed by atoms with Gasteiger partial charge in [-0.15, -0.1) is 0 Å². The maximum atomic E-state index is 5.76. The SMILES string of the molecule is COc1ccccc1COc1ccc(C(C)(C)C)nc1. The molecule has 0 fully saturated rings. The second-order valence-electron chi connectivity index (χ2n) is 5.73. The summed E-state index contributed by atoms with van der Waals surface area (Å²) in [4.78, 5) is 4.45. The lowest BCUT2D eigenvalue weighted by molar-refractivity contribution is 0.295. The molecule has 0 N–H and O–H groups in total. The van der Waals surface area contributed by atoms with E-state index < -0.39 is 0 Å². The van der Waals surface area contributed by atoms with Crippen molar-refractivity contribution in [2.24, 2.45) is 0 Å². The first-order valence-corrected chi connectivity index (χ1v) is 6.72. The molecule has 0 bridgehead atoms. The van der Waals surface area contributed by atoms with Crippen LogP contribution in [-0.2, 0) is 12.0 Å². The summed E-state index contributed by atoms with van der Waals surface area (Å²) in [5.74, 6) is 1.61. The van der Waals surface area contributed by atoms with Crippen LogP contribution in [0.1, 0.15) is 32.0 Å². The summed E-state index contributed by atoms with van der Waals surface area (Å²) in [6.45, 7) is 6.90. The Morgan fingerprint density at radius 3 is 2.40 bits per heavy atom. The predicted molar refractivity (Wildman–Crippen MR) is 80.3 cm³/mol. The normalized spacial score (nSPS) is 11.2. The quantitative estimate of drug-likeness (QED) is 0.843. The van der Waals surface area contributed by atoms with Crippen molar-refractivity contribution in [2.45, 2.75) is 32.8 Å². The fraction of sp³-hybridized carbons (Fsp3) is 0.353. The molecule has 0 unspecified atom stereocenters. The summed E-state index contributed by atoms with van der Waals surface area (Å²) in [6, 6.07) is 11.8. The van der Waals surface area contributed by atoms with Gasteiger partial charge in [0.1, 0.15) is 18.1 Å². The Labute approximate surface area is 120 Å². The number of hydrogen-bond donors (Lipinski definition) is 0. The lowest BCUT2D eigenvalue weighted by atomic mass is 9.92. The van der Waals surface area contributed by atoms with Crippen LogP contribution in [0.3, 0.4) is 0 Å². The molecule has 0 amide bonds. The monoisotopic (exact) mass is 271 g/mol. The minimum absolute atomic E-state index is 0.0567. The Morgan fingerprint density at radius 1 is 1.05 bits per heavy atom. The maximum absolute atomic E-state index is 5.76. The van der Waals surface area contributed by atoms with Crippen LogP contribution in [0.15, 0.2) is 42.6 Å². The third-order valence-electron chi connectivity index (χ3n) is 3.09. The summed E-state index contributed by atoms with van der Waals surface area (Å²) < 4.78 is 11.1. The molecule has 0 aliphatic carbocycles. The highest BCUT2D eigenvalue weighted by molar-refractivity contribution is 5.33. The maximum Gasteiger partial charge on any atom is 0.138 e. The smallest absolute Gasteiger partial charge is 0.138 e. The van der Waals surface area contributed by atoms with E-state index in [4.69, 9.17) is 9.47 Å². The fourth-order valence-electron chi connectivity index (χ4n) is 1.89. The minimum atomic E-state index is 0.0567. The van der Waals surface area contributed by atoms with E-state index in [1.54, 1.807) is 13.3 Å². The summed E-state index contributed by atoms with van der Waals surface area (Å²) in [5, 5.41) is 0. The summed E-state index contributed by atoms with van der Waals surface area (Å²) >= 11 is 0. The lowest BCUT2D eigenvalue weighted by Crippen LogP contribution is -2.13. The fourth-order valence-corrected chi connectivity index (χ4v) is 1.89. The Bertz CT molecular complexity index is 556. The van der Waals surface area contributed by atoms with Gasteiger partial charge in [0.25, 0.3) is 0 Å². The number of pyridine rings is 1. The van der Waals surface area contributed by atoms with Gasteiger partial charge in [0.2, 0.25) is 0 Å². The van der Waals surface area contributed by atoms with Crippen molar-refractivity contribution in [3.05, 3.63) is 53.9 Å². The number of hydrogen-bond acceptors (Lipinski definition) is 3. The first kappa shape index (κ1) is 14.4. The van der Waals surface area contributed by atoms with E-state index in [1.165, 1.54) is 0 Å². The first-order chi connectivity index (χ1) is 9.50. The Balaban J connectivity index is 2.04. The number of rotatable bonds is 4. The van der Waals surface area contributed by atoms with Gasteiger partial charge < -0.3 is 9.47 Å². The number of para-hydroxylation sites is 1. The molecule has 0 atom stereocenters. The average Bonchev–Trinajstić information content (AvgIpc) is 2.45. The van der Waals surface area contributed by atoms with Gasteiger partial charge in [-0.3, -0.25) is 4.98 Å². The summed E-state index contributed by atoms with van der Waals surface area (Å²) in [5.41, 5.74) is 2.14. The highest BCUT2D eigenvalue weighted by Crippen LogP contribution is 2.23. The third-order valence-corrected chi connectivity index (χ3v) is 3.09. The molecule has 2 rings (SSSR count). The zero-order valence-corrected chi connectivity index (χ0v) is 12.5. The zero-order chi connectivity index (χ0) is 14.6. The van der Waals surface area contributed by atoms with Gasteiger partial charge in [0, 0.05) is 16.7 Å². The number of methoxy groups -OCH3 is 1. The molecular formula is C17H21NO2. The molecule has 1 heterocycles. The van der Waals surface area contributed by atoms with Crippen molar-refractivity contribution in [1.82, 2.24) is 4.98 Å². The Kier molecular flexibility index (Phi) is 4.28. The van der Waals surface area contributed by atoms with Gasteiger partial charge in [0.15, 0.2) is 0 Å². The molecule has 0 saturated heterocycles. The van der Waals surface area contributed by atoms with Crippen molar-refractivity contribution < 1.29 is 9.47 Å². The largest absolute Gasteiger partial charge is 0.496 e. The number of nitrogens with zero attached hydrogens (tertiary/aromatic N) is 1. The van der Waals surface area contributed by atoms with E-state index in [-0.39, 0.29) is 5.41 Å². The van der Waals surface area contributed by atoms with E-state index in [0.717, 1.165) is 22.8 Å². The van der Waals surface area contributed by atoms with Crippen molar-refractivity contribution in [1.29, 1.82) is 0 Å². The van der Waals surface area contributed by atoms with Crippen molar-refractivity contribution in [3.8, 4) is 11.5 Å². The number of ether oxygens (including phenoxy) is 2. The van der Waals surface area contributed by atoms with Gasteiger partial charge in [0.05, 0.1) is 13.3 Å². The second kappa shape index (κ2) is 5.95. The summed E-state index contributed by atoms with van der Waals surface area (Å²) in [6.07, 6.45) is 1.77. The molecule has 0 aliphatic rings. The van der Waals surface area contributed by atoms with Crippen molar-refractivity contribution in [2.75, 3.05) is 7.11 Å². The molecular weight excluding hydrogens is 250 g/mol. The molecule has 1 aromatic carbocycles. The molecule has 0 saturated carbocycles. The Morgan fingerprint density at radius 2 is 1.80 bits per heavy atom. The zero-order valence-electron chi connectivity index (χ0n) is 12.5. The van der Waals surface area contributed by atoms with E-state index in [1.807, 2.05) is 36.4 Å². The van der Waals surface area contributed by atoms with Crippen LogP contribution in [0.4, 0.5) is 0 Å². The van der Waals surface area contributed by atoms with Gasteiger partial charge >= 0.3 is 0 Å². The van der Waals surface area contributed by atoms with E-state index >= 15 is 0 Å². The van der Waals surface area contributed by atoms with Crippen LogP contribution < -0.4 is 9.47 Å². The van der Waals surface area contributed by atoms with Gasteiger partial charge in [-0.05, 0) is 18.2 Å². The Hall–Kier alpha value is -2.03. The average molecular weight is 271 g/mol. The van der Waals surface area contributed by atoms with E-state index in [0.29, 0.717) is 6.61 Å². The molecule has 20 heavy (non-hydrogen) atoms.